The number of hydrogen-bond donors (Lipinski definition) is 1. The van der Waals surface area contributed by atoms with Crippen LogP contribution in [0.1, 0.15) is 18.4 Å². The fraction of sp³-hybridized carbons (Fsp3) is 0.571. The highest BCUT2D eigenvalue weighted by Gasteiger charge is 2.26. The van der Waals surface area contributed by atoms with Crippen molar-refractivity contribution < 1.29 is 4.74 Å². The molecule has 18 heavy (non-hydrogen) atoms. The van der Waals surface area contributed by atoms with Crippen molar-refractivity contribution in [1.82, 2.24) is 4.90 Å². The number of nitrogens with zero attached hydrogens (tertiary/aromatic N) is 1. The molecule has 2 heterocycles. The number of piperidine rings is 1. The Morgan fingerprint density at radius 1 is 1.33 bits per heavy atom. The maximum atomic E-state index is 6.00. The molecule has 0 radical (unpaired) electrons. The largest absolute Gasteiger partial charge is 0.488 e. The van der Waals surface area contributed by atoms with Crippen molar-refractivity contribution in [2.24, 2.45) is 5.73 Å². The zero-order valence-electron chi connectivity index (χ0n) is 10.4. The van der Waals surface area contributed by atoms with E-state index in [1.54, 1.807) is 0 Å². The van der Waals surface area contributed by atoms with Gasteiger partial charge in [0.15, 0.2) is 0 Å². The Morgan fingerprint density at radius 2 is 2.11 bits per heavy atom. The molecule has 3 rings (SSSR count). The van der Waals surface area contributed by atoms with Crippen molar-refractivity contribution in [2.75, 3.05) is 19.6 Å². The third kappa shape index (κ3) is 2.63. The van der Waals surface area contributed by atoms with Gasteiger partial charge in [-0.15, -0.1) is 0 Å². The molecule has 1 aromatic rings. The molecular formula is C14H19ClN2O. The molecule has 2 aliphatic rings. The quantitative estimate of drug-likeness (QED) is 0.891. The Labute approximate surface area is 113 Å². The third-order valence-corrected chi connectivity index (χ3v) is 4.09. The monoisotopic (exact) mass is 266 g/mol. The predicted octanol–water partition coefficient (Wildman–Crippen LogP) is 2.07. The number of likely N-dealkylation sites (tertiary alicyclic amines) is 1. The second-order valence-electron chi connectivity index (χ2n) is 5.33. The van der Waals surface area contributed by atoms with Gasteiger partial charge >= 0.3 is 0 Å². The van der Waals surface area contributed by atoms with Crippen molar-refractivity contribution >= 4 is 11.6 Å². The summed E-state index contributed by atoms with van der Waals surface area (Å²) in [5.74, 6) is 0.998. The Bertz CT molecular complexity index is 430. The molecule has 1 unspecified atom stereocenters. The molecule has 1 fully saturated rings. The summed E-state index contributed by atoms with van der Waals surface area (Å²) in [6.07, 6.45) is 3.45. The summed E-state index contributed by atoms with van der Waals surface area (Å²) in [6.45, 7) is 3.19. The first-order valence-electron chi connectivity index (χ1n) is 6.64. The molecule has 98 valence electrons. The summed E-state index contributed by atoms with van der Waals surface area (Å²) < 4.78 is 5.96. The van der Waals surface area contributed by atoms with Crippen LogP contribution in [0.25, 0.3) is 0 Å². The zero-order valence-corrected chi connectivity index (χ0v) is 11.2. The van der Waals surface area contributed by atoms with Crippen LogP contribution in [0.4, 0.5) is 0 Å². The Morgan fingerprint density at radius 3 is 2.89 bits per heavy atom. The molecule has 3 nitrogen and oxygen atoms in total. The minimum Gasteiger partial charge on any atom is -0.488 e. The van der Waals surface area contributed by atoms with Crippen LogP contribution in [0.3, 0.4) is 0 Å². The minimum atomic E-state index is 0.271. The number of benzene rings is 1. The molecule has 2 N–H and O–H groups in total. The number of fused-ring (bicyclic) bond motifs is 1. The Hall–Kier alpha value is -0.770. The summed E-state index contributed by atoms with van der Waals surface area (Å²) in [6, 6.07) is 6.27. The highest BCUT2D eigenvalue weighted by atomic mass is 35.5. The van der Waals surface area contributed by atoms with E-state index in [1.165, 1.54) is 5.56 Å². The Kier molecular flexibility index (Phi) is 3.46. The predicted molar refractivity (Wildman–Crippen MR) is 73.2 cm³/mol. The first-order valence-corrected chi connectivity index (χ1v) is 7.01. The molecule has 4 heteroatoms. The van der Waals surface area contributed by atoms with Gasteiger partial charge in [-0.2, -0.15) is 0 Å². The molecule has 0 amide bonds. The van der Waals surface area contributed by atoms with Gasteiger partial charge < -0.3 is 10.5 Å². The third-order valence-electron chi connectivity index (χ3n) is 3.86. The van der Waals surface area contributed by atoms with Crippen LogP contribution in [-0.4, -0.2) is 36.7 Å². The van der Waals surface area contributed by atoms with E-state index in [1.807, 2.05) is 18.2 Å². The highest BCUT2D eigenvalue weighted by Crippen LogP contribution is 2.31. The SMILES string of the molecule is NC1CCN(CC2Cc3cc(Cl)ccc3O2)CC1. The van der Waals surface area contributed by atoms with E-state index in [2.05, 4.69) is 4.90 Å². The van der Waals surface area contributed by atoms with Gasteiger partial charge in [0, 0.05) is 24.0 Å². The summed E-state index contributed by atoms with van der Waals surface area (Å²) in [5, 5.41) is 0.793. The van der Waals surface area contributed by atoms with Crippen LogP contribution in [-0.2, 0) is 6.42 Å². The van der Waals surface area contributed by atoms with Crippen LogP contribution in [0, 0.1) is 0 Å². The standard InChI is InChI=1S/C14H19ClN2O/c15-11-1-2-14-10(7-11)8-13(18-14)9-17-5-3-12(16)4-6-17/h1-2,7,12-13H,3-6,8-9,16H2. The van der Waals surface area contributed by atoms with Crippen LogP contribution in [0.15, 0.2) is 18.2 Å². The van der Waals surface area contributed by atoms with E-state index in [9.17, 15) is 0 Å². The maximum absolute atomic E-state index is 6.00. The van der Waals surface area contributed by atoms with E-state index in [4.69, 9.17) is 22.1 Å². The molecule has 0 aromatic heterocycles. The van der Waals surface area contributed by atoms with Gasteiger partial charge in [0.1, 0.15) is 11.9 Å². The number of ether oxygens (including phenoxy) is 1. The van der Waals surface area contributed by atoms with Gasteiger partial charge in [-0.3, -0.25) is 4.90 Å². The van der Waals surface area contributed by atoms with Crippen molar-refractivity contribution in [1.29, 1.82) is 0 Å². The smallest absolute Gasteiger partial charge is 0.123 e. The van der Waals surface area contributed by atoms with Crippen molar-refractivity contribution in [2.45, 2.75) is 31.4 Å². The number of rotatable bonds is 2. The molecule has 0 spiro atoms. The van der Waals surface area contributed by atoms with Gasteiger partial charge in [-0.25, -0.2) is 0 Å². The van der Waals surface area contributed by atoms with Gasteiger partial charge in [-0.1, -0.05) is 11.6 Å². The molecule has 2 aliphatic heterocycles. The lowest BCUT2D eigenvalue weighted by atomic mass is 10.0. The lowest BCUT2D eigenvalue weighted by molar-refractivity contribution is 0.129. The minimum absolute atomic E-state index is 0.271. The van der Waals surface area contributed by atoms with Gasteiger partial charge in [0.05, 0.1) is 0 Å². The summed E-state index contributed by atoms with van der Waals surface area (Å²) in [5.41, 5.74) is 7.16. The van der Waals surface area contributed by atoms with Crippen molar-refractivity contribution in [3.63, 3.8) is 0 Å². The normalized spacial score (nSPS) is 24.9. The van der Waals surface area contributed by atoms with Crippen LogP contribution in [0.5, 0.6) is 5.75 Å². The molecule has 0 saturated carbocycles. The molecule has 0 bridgehead atoms. The summed E-state index contributed by atoms with van der Waals surface area (Å²) >= 11 is 6.00. The average molecular weight is 267 g/mol. The van der Waals surface area contributed by atoms with Gasteiger partial charge in [-0.05, 0) is 49.7 Å². The van der Waals surface area contributed by atoms with Crippen molar-refractivity contribution in [3.8, 4) is 5.75 Å². The van der Waals surface area contributed by atoms with Crippen LogP contribution in [0.2, 0.25) is 5.02 Å². The van der Waals surface area contributed by atoms with E-state index in [0.717, 1.165) is 49.7 Å². The lowest BCUT2D eigenvalue weighted by Crippen LogP contribution is -2.43. The fourth-order valence-corrected chi connectivity index (χ4v) is 3.01. The fourth-order valence-electron chi connectivity index (χ4n) is 2.81. The number of nitrogens with two attached hydrogens (primary N) is 1. The topological polar surface area (TPSA) is 38.5 Å². The summed E-state index contributed by atoms with van der Waals surface area (Å²) in [4.78, 5) is 2.46. The second-order valence-corrected chi connectivity index (χ2v) is 5.77. The molecular weight excluding hydrogens is 248 g/mol. The van der Waals surface area contributed by atoms with Gasteiger partial charge in [0.25, 0.3) is 0 Å². The summed E-state index contributed by atoms with van der Waals surface area (Å²) in [7, 11) is 0. The molecule has 1 aromatic carbocycles. The first-order chi connectivity index (χ1) is 8.70. The molecule has 0 aliphatic carbocycles. The highest BCUT2D eigenvalue weighted by molar-refractivity contribution is 6.30. The number of halogens is 1. The van der Waals surface area contributed by atoms with E-state index in [0.29, 0.717) is 6.04 Å². The van der Waals surface area contributed by atoms with Crippen LogP contribution < -0.4 is 10.5 Å². The second kappa shape index (κ2) is 5.08. The van der Waals surface area contributed by atoms with Crippen molar-refractivity contribution in [3.05, 3.63) is 28.8 Å². The van der Waals surface area contributed by atoms with E-state index in [-0.39, 0.29) is 6.10 Å². The average Bonchev–Trinajstić information content (AvgIpc) is 2.73. The van der Waals surface area contributed by atoms with Crippen LogP contribution >= 0.6 is 11.6 Å². The number of hydrogen-bond acceptors (Lipinski definition) is 3. The first kappa shape index (κ1) is 12.3. The lowest BCUT2D eigenvalue weighted by Gasteiger charge is -2.31. The zero-order chi connectivity index (χ0) is 12.5. The Balaban J connectivity index is 1.58. The molecule has 1 atom stereocenters. The van der Waals surface area contributed by atoms with E-state index >= 15 is 0 Å². The van der Waals surface area contributed by atoms with Gasteiger partial charge in [0.2, 0.25) is 0 Å². The van der Waals surface area contributed by atoms with E-state index < -0.39 is 0 Å². The maximum Gasteiger partial charge on any atom is 0.123 e. The molecule has 1 saturated heterocycles.